The molecule has 1 aliphatic carbocycles. The Hall–Kier alpha value is -1.06. The maximum Gasteiger partial charge on any atom is 0.223 e. The number of hydrogen-bond donors (Lipinski definition) is 2. The van der Waals surface area contributed by atoms with Crippen LogP contribution in [0.3, 0.4) is 0 Å². The molecule has 0 radical (unpaired) electrons. The van der Waals surface area contributed by atoms with Crippen LogP contribution in [0.2, 0.25) is 5.02 Å². The minimum absolute atomic E-state index is 0.00367. The Kier molecular flexibility index (Phi) is 4.48. The third-order valence-corrected chi connectivity index (χ3v) is 4.19. The first kappa shape index (κ1) is 14.4. The van der Waals surface area contributed by atoms with E-state index < -0.39 is 0 Å². The van der Waals surface area contributed by atoms with Gasteiger partial charge in [0.25, 0.3) is 0 Å². The molecule has 2 N–H and O–H groups in total. The third kappa shape index (κ3) is 3.48. The van der Waals surface area contributed by atoms with E-state index in [-0.39, 0.29) is 30.4 Å². The van der Waals surface area contributed by atoms with Gasteiger partial charge in [0.1, 0.15) is 0 Å². The van der Waals surface area contributed by atoms with Crippen LogP contribution < -0.4 is 5.32 Å². The maximum absolute atomic E-state index is 12.1. The maximum atomic E-state index is 12.1. The predicted octanol–water partition coefficient (Wildman–Crippen LogP) is 2.58. The quantitative estimate of drug-likeness (QED) is 0.871. The van der Waals surface area contributed by atoms with Crippen LogP contribution in [0.5, 0.6) is 0 Å². The summed E-state index contributed by atoms with van der Waals surface area (Å²) in [7, 11) is 0. The Balaban J connectivity index is 1.88. The SMILES string of the molecule is CC(CO)C(C)NC(=O)C1CC1c1ccc(Cl)cc1. The summed E-state index contributed by atoms with van der Waals surface area (Å²) >= 11 is 5.85. The van der Waals surface area contributed by atoms with Crippen molar-refractivity contribution in [2.75, 3.05) is 6.61 Å². The Morgan fingerprint density at radius 1 is 1.42 bits per heavy atom. The van der Waals surface area contributed by atoms with E-state index in [0.29, 0.717) is 5.92 Å². The normalized spacial score (nSPS) is 24.6. The Labute approximate surface area is 119 Å². The van der Waals surface area contributed by atoms with Crippen molar-refractivity contribution in [3.8, 4) is 0 Å². The van der Waals surface area contributed by atoms with Crippen molar-refractivity contribution in [1.82, 2.24) is 5.32 Å². The first-order chi connectivity index (χ1) is 9.02. The van der Waals surface area contributed by atoms with E-state index in [9.17, 15) is 4.79 Å². The van der Waals surface area contributed by atoms with E-state index in [4.69, 9.17) is 16.7 Å². The molecule has 3 nitrogen and oxygen atoms in total. The fraction of sp³-hybridized carbons (Fsp3) is 0.533. The van der Waals surface area contributed by atoms with Crippen molar-refractivity contribution >= 4 is 17.5 Å². The molecule has 1 aromatic rings. The average Bonchev–Trinajstić information content (AvgIpc) is 3.18. The zero-order valence-corrected chi connectivity index (χ0v) is 12.0. The van der Waals surface area contributed by atoms with Gasteiger partial charge in [0.2, 0.25) is 5.91 Å². The monoisotopic (exact) mass is 281 g/mol. The number of aliphatic hydroxyl groups is 1. The van der Waals surface area contributed by atoms with E-state index >= 15 is 0 Å². The number of carbonyl (C=O) groups excluding carboxylic acids is 1. The number of benzene rings is 1. The molecule has 0 saturated heterocycles. The zero-order chi connectivity index (χ0) is 14.0. The largest absolute Gasteiger partial charge is 0.396 e. The van der Waals surface area contributed by atoms with E-state index in [1.165, 1.54) is 5.56 Å². The number of rotatable bonds is 5. The molecule has 104 valence electrons. The molecule has 0 aromatic heterocycles. The lowest BCUT2D eigenvalue weighted by atomic mass is 10.0. The molecule has 1 fully saturated rings. The summed E-state index contributed by atoms with van der Waals surface area (Å²) in [6.07, 6.45) is 0.897. The van der Waals surface area contributed by atoms with Crippen molar-refractivity contribution < 1.29 is 9.90 Å². The zero-order valence-electron chi connectivity index (χ0n) is 11.3. The van der Waals surface area contributed by atoms with Crippen molar-refractivity contribution in [3.05, 3.63) is 34.9 Å². The number of aliphatic hydroxyl groups excluding tert-OH is 1. The Bertz CT molecular complexity index is 446. The molecule has 0 heterocycles. The fourth-order valence-corrected chi connectivity index (χ4v) is 2.32. The lowest BCUT2D eigenvalue weighted by molar-refractivity contribution is -0.123. The van der Waals surface area contributed by atoms with Crippen LogP contribution in [-0.2, 0) is 4.79 Å². The standard InChI is InChI=1S/C15H20ClNO2/c1-9(8-18)10(2)17-15(19)14-7-13(14)11-3-5-12(16)6-4-11/h3-6,9-10,13-14,18H,7-8H2,1-2H3,(H,17,19). The van der Waals surface area contributed by atoms with Crippen molar-refractivity contribution in [2.45, 2.75) is 32.2 Å². The van der Waals surface area contributed by atoms with E-state index in [1.54, 1.807) is 0 Å². The van der Waals surface area contributed by atoms with Crippen LogP contribution in [0.25, 0.3) is 0 Å². The molecule has 0 aliphatic heterocycles. The number of amides is 1. The van der Waals surface area contributed by atoms with Gasteiger partial charge < -0.3 is 10.4 Å². The van der Waals surface area contributed by atoms with E-state index in [0.717, 1.165) is 11.4 Å². The highest BCUT2D eigenvalue weighted by Gasteiger charge is 2.44. The molecular formula is C15H20ClNO2. The van der Waals surface area contributed by atoms with Crippen molar-refractivity contribution in [3.63, 3.8) is 0 Å². The first-order valence-electron chi connectivity index (χ1n) is 6.69. The molecule has 0 spiro atoms. The van der Waals surface area contributed by atoms with Gasteiger partial charge in [0.15, 0.2) is 0 Å². The van der Waals surface area contributed by atoms with Gasteiger partial charge in [-0.3, -0.25) is 4.79 Å². The van der Waals surface area contributed by atoms with Gasteiger partial charge in [0, 0.05) is 23.6 Å². The molecule has 1 aromatic carbocycles. The predicted molar refractivity (Wildman–Crippen MR) is 76.2 cm³/mol. The van der Waals surface area contributed by atoms with Crippen LogP contribution in [0.4, 0.5) is 0 Å². The van der Waals surface area contributed by atoms with Gasteiger partial charge in [0.05, 0.1) is 0 Å². The highest BCUT2D eigenvalue weighted by atomic mass is 35.5. The van der Waals surface area contributed by atoms with Gasteiger partial charge in [-0.05, 0) is 42.9 Å². The minimum Gasteiger partial charge on any atom is -0.396 e. The average molecular weight is 282 g/mol. The molecular weight excluding hydrogens is 262 g/mol. The second kappa shape index (κ2) is 5.93. The molecule has 4 unspecified atom stereocenters. The topological polar surface area (TPSA) is 49.3 Å². The van der Waals surface area contributed by atoms with Crippen molar-refractivity contribution in [2.24, 2.45) is 11.8 Å². The summed E-state index contributed by atoms with van der Waals surface area (Å²) in [4.78, 5) is 12.1. The second-order valence-electron chi connectivity index (χ2n) is 5.46. The summed E-state index contributed by atoms with van der Waals surface area (Å²) in [6.45, 7) is 3.94. The highest BCUT2D eigenvalue weighted by molar-refractivity contribution is 6.30. The Morgan fingerprint density at radius 2 is 2.05 bits per heavy atom. The Morgan fingerprint density at radius 3 is 2.63 bits per heavy atom. The molecule has 1 amide bonds. The summed E-state index contributed by atoms with van der Waals surface area (Å²) in [6, 6.07) is 7.70. The molecule has 2 rings (SSSR count). The van der Waals surface area contributed by atoms with Crippen molar-refractivity contribution in [1.29, 1.82) is 0 Å². The van der Waals surface area contributed by atoms with E-state index in [2.05, 4.69) is 5.32 Å². The molecule has 1 saturated carbocycles. The number of carbonyl (C=O) groups is 1. The summed E-state index contributed by atoms with van der Waals surface area (Å²) in [5.74, 6) is 0.549. The van der Waals surface area contributed by atoms with Crippen LogP contribution in [0.15, 0.2) is 24.3 Å². The lowest BCUT2D eigenvalue weighted by Crippen LogP contribution is -2.39. The van der Waals surface area contributed by atoms with Gasteiger partial charge in [-0.15, -0.1) is 0 Å². The third-order valence-electron chi connectivity index (χ3n) is 3.94. The lowest BCUT2D eigenvalue weighted by Gasteiger charge is -2.19. The van der Waals surface area contributed by atoms with E-state index in [1.807, 2.05) is 38.1 Å². The highest BCUT2D eigenvalue weighted by Crippen LogP contribution is 2.47. The number of hydrogen-bond acceptors (Lipinski definition) is 2. The van der Waals surface area contributed by atoms with Gasteiger partial charge >= 0.3 is 0 Å². The van der Waals surface area contributed by atoms with Gasteiger partial charge in [-0.2, -0.15) is 0 Å². The van der Waals surface area contributed by atoms with Gasteiger partial charge in [-0.25, -0.2) is 0 Å². The summed E-state index contributed by atoms with van der Waals surface area (Å²) in [5, 5.41) is 12.8. The van der Waals surface area contributed by atoms with Crippen LogP contribution >= 0.6 is 11.6 Å². The van der Waals surface area contributed by atoms with Crippen LogP contribution in [-0.4, -0.2) is 23.7 Å². The first-order valence-corrected chi connectivity index (χ1v) is 7.07. The summed E-state index contributed by atoms with van der Waals surface area (Å²) in [5.41, 5.74) is 1.17. The molecule has 4 atom stereocenters. The van der Waals surface area contributed by atoms with Gasteiger partial charge in [-0.1, -0.05) is 30.7 Å². The van der Waals surface area contributed by atoms with Crippen LogP contribution in [0.1, 0.15) is 31.7 Å². The fourth-order valence-electron chi connectivity index (χ4n) is 2.19. The minimum atomic E-state index is 0.00367. The second-order valence-corrected chi connectivity index (χ2v) is 5.89. The number of halogens is 1. The van der Waals surface area contributed by atoms with Crippen LogP contribution in [0, 0.1) is 11.8 Å². The summed E-state index contributed by atoms with van der Waals surface area (Å²) < 4.78 is 0. The molecule has 1 aliphatic rings. The number of nitrogens with one attached hydrogen (secondary N) is 1. The molecule has 4 heteroatoms. The molecule has 19 heavy (non-hydrogen) atoms. The smallest absolute Gasteiger partial charge is 0.223 e. The molecule has 0 bridgehead atoms.